The minimum absolute atomic E-state index is 0.146. The third-order valence-corrected chi connectivity index (χ3v) is 2.23. The van der Waals surface area contributed by atoms with Crippen LogP contribution in [0.5, 0.6) is 0 Å². The van der Waals surface area contributed by atoms with Crippen molar-refractivity contribution >= 4 is 32.5 Å². The number of hydrogen-bond acceptors (Lipinski definition) is 2. The number of nitrogen functional groups attached to an aromatic ring is 1. The van der Waals surface area contributed by atoms with Gasteiger partial charge in [0.15, 0.2) is 5.82 Å². The van der Waals surface area contributed by atoms with Crippen LogP contribution in [-0.4, -0.2) is 4.98 Å². The Morgan fingerprint density at radius 2 is 2.15 bits per heavy atom. The lowest BCUT2D eigenvalue weighted by Gasteiger charge is -2.01. The zero-order valence-electron chi connectivity index (χ0n) is 6.59. The van der Waals surface area contributed by atoms with Gasteiger partial charge in [-0.25, -0.2) is 4.39 Å². The van der Waals surface area contributed by atoms with Crippen molar-refractivity contribution in [1.82, 2.24) is 4.98 Å². The van der Waals surface area contributed by atoms with Crippen LogP contribution in [0.1, 0.15) is 0 Å². The lowest BCUT2D eigenvalue weighted by atomic mass is 10.2. The second-order valence-electron chi connectivity index (χ2n) is 2.69. The maximum Gasteiger partial charge on any atom is 0.155 e. The molecule has 0 atom stereocenters. The van der Waals surface area contributed by atoms with Gasteiger partial charge >= 0.3 is 0 Å². The molecule has 0 saturated heterocycles. The maximum absolute atomic E-state index is 13.4. The molecule has 0 amide bonds. The second-order valence-corrected chi connectivity index (χ2v) is 3.60. The van der Waals surface area contributed by atoms with E-state index in [1.807, 2.05) is 0 Å². The van der Waals surface area contributed by atoms with Crippen molar-refractivity contribution in [1.29, 1.82) is 0 Å². The molecular formula is C9H6BrFN2. The van der Waals surface area contributed by atoms with Crippen molar-refractivity contribution in [3.63, 3.8) is 0 Å². The Morgan fingerprint density at radius 3 is 2.92 bits per heavy atom. The molecule has 2 aromatic rings. The molecule has 1 aromatic heterocycles. The van der Waals surface area contributed by atoms with Crippen LogP contribution in [0.15, 0.2) is 28.9 Å². The summed E-state index contributed by atoms with van der Waals surface area (Å²) in [6.07, 6.45) is 1.62. The number of rotatable bonds is 0. The largest absolute Gasteiger partial charge is 0.396 e. The summed E-state index contributed by atoms with van der Waals surface area (Å²) in [4.78, 5) is 4.04. The fraction of sp³-hybridized carbons (Fsp3) is 0. The number of hydrogen-bond donors (Lipinski definition) is 1. The highest BCUT2D eigenvalue weighted by Crippen LogP contribution is 2.23. The van der Waals surface area contributed by atoms with Crippen molar-refractivity contribution in [2.45, 2.75) is 0 Å². The molecule has 0 saturated carbocycles. The third kappa shape index (κ3) is 1.37. The van der Waals surface area contributed by atoms with Crippen molar-refractivity contribution in [2.75, 3.05) is 5.73 Å². The van der Waals surface area contributed by atoms with E-state index in [1.165, 1.54) is 6.07 Å². The van der Waals surface area contributed by atoms with Gasteiger partial charge in [0, 0.05) is 16.1 Å². The lowest BCUT2D eigenvalue weighted by molar-refractivity contribution is 0.644. The molecule has 1 heterocycles. The van der Waals surface area contributed by atoms with Gasteiger partial charge in [-0.05, 0) is 34.1 Å². The molecule has 0 radical (unpaired) electrons. The molecule has 0 fully saturated rings. The van der Waals surface area contributed by atoms with Gasteiger partial charge in [-0.1, -0.05) is 0 Å². The van der Waals surface area contributed by atoms with Crippen LogP contribution in [0.2, 0.25) is 0 Å². The molecule has 0 aliphatic heterocycles. The number of anilines is 1. The molecule has 13 heavy (non-hydrogen) atoms. The van der Waals surface area contributed by atoms with E-state index in [9.17, 15) is 4.39 Å². The van der Waals surface area contributed by atoms with E-state index >= 15 is 0 Å². The Balaban J connectivity index is 2.89. The first-order valence-corrected chi connectivity index (χ1v) is 4.47. The lowest BCUT2D eigenvalue weighted by Crippen LogP contribution is -1.92. The average molecular weight is 241 g/mol. The molecule has 0 unspecified atom stereocenters. The van der Waals surface area contributed by atoms with E-state index in [1.54, 1.807) is 18.3 Å². The van der Waals surface area contributed by atoms with Crippen molar-refractivity contribution < 1.29 is 4.39 Å². The molecular weight excluding hydrogens is 235 g/mol. The van der Waals surface area contributed by atoms with E-state index < -0.39 is 5.82 Å². The summed E-state index contributed by atoms with van der Waals surface area (Å²) in [7, 11) is 0. The highest BCUT2D eigenvalue weighted by molar-refractivity contribution is 9.10. The third-order valence-electron chi connectivity index (χ3n) is 1.80. The summed E-state index contributed by atoms with van der Waals surface area (Å²) < 4.78 is 14.1. The fourth-order valence-electron chi connectivity index (χ4n) is 1.16. The van der Waals surface area contributed by atoms with Crippen molar-refractivity contribution in [2.24, 2.45) is 0 Å². The second kappa shape index (κ2) is 2.96. The summed E-state index contributed by atoms with van der Waals surface area (Å²) in [6.45, 7) is 0. The molecule has 1 aromatic carbocycles. The van der Waals surface area contributed by atoms with Crippen LogP contribution in [0.25, 0.3) is 10.9 Å². The Hall–Kier alpha value is -1.16. The monoisotopic (exact) mass is 240 g/mol. The summed E-state index contributed by atoms with van der Waals surface area (Å²) in [5, 5.41) is 0.439. The first-order valence-electron chi connectivity index (χ1n) is 3.68. The summed E-state index contributed by atoms with van der Waals surface area (Å²) >= 11 is 3.22. The predicted molar refractivity (Wildman–Crippen MR) is 53.8 cm³/mol. The number of nitrogens with two attached hydrogens (primary N) is 1. The Bertz CT molecular complexity index is 465. The van der Waals surface area contributed by atoms with Crippen LogP contribution < -0.4 is 5.73 Å². The molecule has 2 N–H and O–H groups in total. The smallest absolute Gasteiger partial charge is 0.155 e. The van der Waals surface area contributed by atoms with E-state index in [0.29, 0.717) is 10.9 Å². The summed E-state index contributed by atoms with van der Waals surface area (Å²) in [5.41, 5.74) is 6.17. The first-order chi connectivity index (χ1) is 6.18. The Labute approximate surface area is 82.7 Å². The zero-order chi connectivity index (χ0) is 9.42. The van der Waals surface area contributed by atoms with Crippen LogP contribution in [0.3, 0.4) is 0 Å². The molecule has 2 nitrogen and oxygen atoms in total. The fourth-order valence-corrected chi connectivity index (χ4v) is 1.49. The van der Waals surface area contributed by atoms with Gasteiger partial charge in [0.1, 0.15) is 0 Å². The zero-order valence-corrected chi connectivity index (χ0v) is 8.18. The van der Waals surface area contributed by atoms with Gasteiger partial charge in [-0.2, -0.15) is 0 Å². The quantitative estimate of drug-likeness (QED) is 0.720. The summed E-state index contributed by atoms with van der Waals surface area (Å²) in [6, 6.07) is 4.87. The maximum atomic E-state index is 13.4. The van der Waals surface area contributed by atoms with Crippen LogP contribution >= 0.6 is 15.9 Å². The normalized spacial score (nSPS) is 10.6. The predicted octanol–water partition coefficient (Wildman–Crippen LogP) is 2.72. The van der Waals surface area contributed by atoms with Gasteiger partial charge in [-0.15, -0.1) is 0 Å². The minimum atomic E-state index is -0.411. The van der Waals surface area contributed by atoms with Gasteiger partial charge < -0.3 is 5.73 Å². The van der Waals surface area contributed by atoms with E-state index in [-0.39, 0.29) is 5.69 Å². The summed E-state index contributed by atoms with van der Waals surface area (Å²) in [5.74, 6) is -0.411. The Morgan fingerprint density at radius 1 is 1.38 bits per heavy atom. The van der Waals surface area contributed by atoms with E-state index in [2.05, 4.69) is 20.9 Å². The highest BCUT2D eigenvalue weighted by Gasteiger charge is 2.05. The van der Waals surface area contributed by atoms with Crippen LogP contribution in [0, 0.1) is 5.82 Å². The standard InChI is InChI=1S/C9H6BrFN2/c10-5-3-6-8(13-4-5)2-1-7(12)9(6)11/h1-4H,12H2. The van der Waals surface area contributed by atoms with E-state index in [4.69, 9.17) is 5.73 Å². The number of aromatic nitrogens is 1. The Kier molecular flexibility index (Phi) is 1.92. The van der Waals surface area contributed by atoms with Crippen molar-refractivity contribution in [3.8, 4) is 0 Å². The van der Waals surface area contributed by atoms with Gasteiger partial charge in [-0.3, -0.25) is 4.98 Å². The van der Waals surface area contributed by atoms with E-state index in [0.717, 1.165) is 4.47 Å². The molecule has 0 bridgehead atoms. The minimum Gasteiger partial charge on any atom is -0.396 e. The SMILES string of the molecule is Nc1ccc2ncc(Br)cc2c1F. The highest BCUT2D eigenvalue weighted by atomic mass is 79.9. The van der Waals surface area contributed by atoms with Gasteiger partial charge in [0.2, 0.25) is 0 Å². The average Bonchev–Trinajstić information content (AvgIpc) is 2.12. The van der Waals surface area contributed by atoms with Gasteiger partial charge in [0.05, 0.1) is 11.2 Å². The molecule has 0 aliphatic carbocycles. The number of pyridine rings is 1. The molecule has 2 rings (SSSR count). The molecule has 4 heteroatoms. The molecule has 0 aliphatic rings. The number of halogens is 2. The van der Waals surface area contributed by atoms with Crippen molar-refractivity contribution in [3.05, 3.63) is 34.7 Å². The topological polar surface area (TPSA) is 38.9 Å². The van der Waals surface area contributed by atoms with Gasteiger partial charge in [0.25, 0.3) is 0 Å². The molecule has 0 spiro atoms. The first kappa shape index (κ1) is 8.44. The number of benzene rings is 1. The van der Waals surface area contributed by atoms with Crippen LogP contribution in [-0.2, 0) is 0 Å². The van der Waals surface area contributed by atoms with Crippen LogP contribution in [0.4, 0.5) is 10.1 Å². The number of nitrogens with zero attached hydrogens (tertiary/aromatic N) is 1. The molecule has 66 valence electrons. The number of fused-ring (bicyclic) bond motifs is 1.